The Hall–Kier alpha value is -2.04. The molecule has 1 saturated heterocycles. The van der Waals surface area contributed by atoms with E-state index in [9.17, 15) is 9.59 Å². The predicted molar refractivity (Wildman–Crippen MR) is 106 cm³/mol. The molecule has 1 aliphatic heterocycles. The van der Waals surface area contributed by atoms with E-state index in [0.29, 0.717) is 31.9 Å². The van der Waals surface area contributed by atoms with Gasteiger partial charge in [-0.25, -0.2) is 0 Å². The first-order valence-corrected chi connectivity index (χ1v) is 10.1. The molecule has 3 rings (SSSR count). The van der Waals surface area contributed by atoms with Crippen LogP contribution in [0.25, 0.3) is 0 Å². The number of piperazine rings is 1. The molecule has 0 radical (unpaired) electrons. The lowest BCUT2D eigenvalue weighted by atomic mass is 9.87. The molecule has 5 heteroatoms. The van der Waals surface area contributed by atoms with Crippen molar-refractivity contribution in [3.8, 4) is 5.75 Å². The van der Waals surface area contributed by atoms with Crippen molar-refractivity contribution in [3.05, 3.63) is 29.8 Å². The standard InChI is InChI=1S/C22H32N2O3/c1-22(2,3)18-8-10-19(11-9-18)27-16-20(25)23-12-14-24(15-13-23)21(26)17-6-4-5-7-17/h8-11,17H,4-7,12-16H2,1-3H3. The first kappa shape index (κ1) is 19.7. The number of hydrogen-bond donors (Lipinski definition) is 0. The fourth-order valence-electron chi connectivity index (χ4n) is 3.89. The van der Waals surface area contributed by atoms with E-state index >= 15 is 0 Å². The highest BCUT2D eigenvalue weighted by Crippen LogP contribution is 2.27. The molecule has 0 bridgehead atoms. The molecule has 2 fully saturated rings. The number of carbonyl (C=O) groups is 2. The van der Waals surface area contributed by atoms with E-state index in [0.717, 1.165) is 12.8 Å². The summed E-state index contributed by atoms with van der Waals surface area (Å²) in [6.07, 6.45) is 4.39. The normalized spacial score (nSPS) is 18.6. The second-order valence-corrected chi connectivity index (χ2v) is 8.75. The zero-order valence-corrected chi connectivity index (χ0v) is 16.9. The van der Waals surface area contributed by atoms with Crippen LogP contribution in [0.15, 0.2) is 24.3 Å². The molecule has 0 spiro atoms. The molecular weight excluding hydrogens is 340 g/mol. The maximum absolute atomic E-state index is 12.5. The molecule has 1 aliphatic carbocycles. The van der Waals surface area contributed by atoms with Gasteiger partial charge in [-0.05, 0) is 36.0 Å². The van der Waals surface area contributed by atoms with Crippen LogP contribution in [-0.2, 0) is 15.0 Å². The first-order valence-electron chi connectivity index (χ1n) is 10.1. The average molecular weight is 373 g/mol. The van der Waals surface area contributed by atoms with Crippen molar-refractivity contribution in [3.63, 3.8) is 0 Å². The SMILES string of the molecule is CC(C)(C)c1ccc(OCC(=O)N2CCN(C(=O)C3CCCC3)CC2)cc1. The molecular formula is C22H32N2O3. The van der Waals surface area contributed by atoms with Crippen LogP contribution in [-0.4, -0.2) is 54.4 Å². The van der Waals surface area contributed by atoms with Crippen molar-refractivity contribution in [2.45, 2.75) is 51.9 Å². The molecule has 1 aromatic carbocycles. The number of rotatable bonds is 4. The number of carbonyl (C=O) groups excluding carboxylic acids is 2. The summed E-state index contributed by atoms with van der Waals surface area (Å²) < 4.78 is 5.67. The van der Waals surface area contributed by atoms with Gasteiger partial charge in [0, 0.05) is 32.1 Å². The molecule has 0 atom stereocenters. The Kier molecular flexibility index (Phi) is 6.08. The van der Waals surface area contributed by atoms with Gasteiger partial charge < -0.3 is 14.5 Å². The molecule has 1 aromatic rings. The molecule has 27 heavy (non-hydrogen) atoms. The first-order chi connectivity index (χ1) is 12.8. The molecule has 148 valence electrons. The van der Waals surface area contributed by atoms with E-state index in [1.807, 2.05) is 34.1 Å². The molecule has 0 N–H and O–H groups in total. The number of ether oxygens (including phenoxy) is 1. The van der Waals surface area contributed by atoms with Gasteiger partial charge in [-0.15, -0.1) is 0 Å². The summed E-state index contributed by atoms with van der Waals surface area (Å²) in [5.74, 6) is 1.20. The molecule has 0 aromatic heterocycles. The van der Waals surface area contributed by atoms with Gasteiger partial charge in [-0.1, -0.05) is 45.7 Å². The van der Waals surface area contributed by atoms with E-state index in [-0.39, 0.29) is 29.8 Å². The number of benzene rings is 1. The Labute approximate surface area is 162 Å². The third kappa shape index (κ3) is 5.02. The minimum Gasteiger partial charge on any atom is -0.484 e. The van der Waals surface area contributed by atoms with Gasteiger partial charge in [0.15, 0.2) is 6.61 Å². The van der Waals surface area contributed by atoms with Crippen molar-refractivity contribution in [2.75, 3.05) is 32.8 Å². The van der Waals surface area contributed by atoms with E-state index < -0.39 is 0 Å². The highest BCUT2D eigenvalue weighted by Gasteiger charge is 2.30. The Bertz CT molecular complexity index is 649. The van der Waals surface area contributed by atoms with E-state index in [1.54, 1.807) is 0 Å². The van der Waals surface area contributed by atoms with Crippen molar-refractivity contribution in [1.29, 1.82) is 0 Å². The van der Waals surface area contributed by atoms with Gasteiger partial charge in [0.2, 0.25) is 5.91 Å². The summed E-state index contributed by atoms with van der Waals surface area (Å²) in [5, 5.41) is 0. The van der Waals surface area contributed by atoms with Crippen molar-refractivity contribution >= 4 is 11.8 Å². The summed E-state index contributed by atoms with van der Waals surface area (Å²) in [7, 11) is 0. The van der Waals surface area contributed by atoms with Crippen LogP contribution in [0, 0.1) is 5.92 Å². The van der Waals surface area contributed by atoms with Gasteiger partial charge in [0.25, 0.3) is 5.91 Å². The predicted octanol–water partition coefficient (Wildman–Crippen LogP) is 3.22. The Balaban J connectivity index is 1.43. The highest BCUT2D eigenvalue weighted by atomic mass is 16.5. The molecule has 2 aliphatic rings. The van der Waals surface area contributed by atoms with Crippen LogP contribution in [0.3, 0.4) is 0 Å². The molecule has 5 nitrogen and oxygen atoms in total. The summed E-state index contributed by atoms with van der Waals surface area (Å²) >= 11 is 0. The number of hydrogen-bond acceptors (Lipinski definition) is 3. The smallest absolute Gasteiger partial charge is 0.260 e. The fourth-order valence-corrected chi connectivity index (χ4v) is 3.89. The van der Waals surface area contributed by atoms with Gasteiger partial charge in [-0.2, -0.15) is 0 Å². The maximum Gasteiger partial charge on any atom is 0.260 e. The van der Waals surface area contributed by atoms with E-state index in [2.05, 4.69) is 20.8 Å². The zero-order chi connectivity index (χ0) is 19.4. The van der Waals surface area contributed by atoms with Crippen LogP contribution in [0.2, 0.25) is 0 Å². The van der Waals surface area contributed by atoms with Crippen LogP contribution in [0.1, 0.15) is 52.0 Å². The Morgan fingerprint density at radius 3 is 2.07 bits per heavy atom. The topological polar surface area (TPSA) is 49.9 Å². The van der Waals surface area contributed by atoms with Gasteiger partial charge in [0.05, 0.1) is 0 Å². The summed E-state index contributed by atoms with van der Waals surface area (Å²) in [5.41, 5.74) is 1.34. The minimum absolute atomic E-state index is 0.0112. The Morgan fingerprint density at radius 2 is 1.52 bits per heavy atom. The van der Waals surface area contributed by atoms with Crippen LogP contribution >= 0.6 is 0 Å². The summed E-state index contributed by atoms with van der Waals surface area (Å²) in [6, 6.07) is 7.94. The van der Waals surface area contributed by atoms with Gasteiger partial charge in [-0.3, -0.25) is 9.59 Å². The lowest BCUT2D eigenvalue weighted by Crippen LogP contribution is -2.52. The van der Waals surface area contributed by atoms with Crippen LogP contribution < -0.4 is 4.74 Å². The average Bonchev–Trinajstić information content (AvgIpc) is 3.20. The maximum atomic E-state index is 12.5. The monoisotopic (exact) mass is 372 g/mol. The highest BCUT2D eigenvalue weighted by molar-refractivity contribution is 5.80. The largest absolute Gasteiger partial charge is 0.484 e. The van der Waals surface area contributed by atoms with Crippen molar-refractivity contribution in [2.24, 2.45) is 5.92 Å². The van der Waals surface area contributed by atoms with E-state index in [4.69, 9.17) is 4.74 Å². The lowest BCUT2D eigenvalue weighted by molar-refractivity contribution is -0.142. The Morgan fingerprint density at radius 1 is 0.963 bits per heavy atom. The molecule has 1 saturated carbocycles. The third-order valence-corrected chi connectivity index (χ3v) is 5.73. The summed E-state index contributed by atoms with van der Waals surface area (Å²) in [6.45, 7) is 9.04. The van der Waals surface area contributed by atoms with Gasteiger partial charge in [0.1, 0.15) is 5.75 Å². The van der Waals surface area contributed by atoms with Crippen molar-refractivity contribution in [1.82, 2.24) is 9.80 Å². The van der Waals surface area contributed by atoms with E-state index in [1.165, 1.54) is 18.4 Å². The lowest BCUT2D eigenvalue weighted by Gasteiger charge is -2.36. The minimum atomic E-state index is -0.0112. The second kappa shape index (κ2) is 8.32. The van der Waals surface area contributed by atoms with Crippen LogP contribution in [0.5, 0.6) is 5.75 Å². The summed E-state index contributed by atoms with van der Waals surface area (Å²) in [4.78, 5) is 28.7. The number of nitrogens with zero attached hydrogens (tertiary/aromatic N) is 2. The molecule has 1 heterocycles. The zero-order valence-electron chi connectivity index (χ0n) is 16.9. The fraction of sp³-hybridized carbons (Fsp3) is 0.636. The molecule has 0 unspecified atom stereocenters. The van der Waals surface area contributed by atoms with Crippen LogP contribution in [0.4, 0.5) is 0 Å². The second-order valence-electron chi connectivity index (χ2n) is 8.75. The quantitative estimate of drug-likeness (QED) is 0.815. The third-order valence-electron chi connectivity index (χ3n) is 5.73. The van der Waals surface area contributed by atoms with Crippen molar-refractivity contribution < 1.29 is 14.3 Å². The number of amides is 2. The van der Waals surface area contributed by atoms with Gasteiger partial charge >= 0.3 is 0 Å². The molecule has 2 amide bonds.